The van der Waals surface area contributed by atoms with Crippen LogP contribution < -0.4 is 10.2 Å². The van der Waals surface area contributed by atoms with Crippen molar-refractivity contribution in [1.29, 1.82) is 0 Å². The molecule has 1 N–H and O–H groups in total. The summed E-state index contributed by atoms with van der Waals surface area (Å²) in [4.78, 5) is 34.5. The van der Waals surface area contributed by atoms with Crippen LogP contribution in [0.1, 0.15) is 46.4 Å². The van der Waals surface area contributed by atoms with Crippen LogP contribution in [0.4, 0.5) is 33.9 Å². The van der Waals surface area contributed by atoms with Crippen LogP contribution in [-0.4, -0.2) is 47.8 Å². The Morgan fingerprint density at radius 2 is 2.00 bits per heavy atom. The molecule has 2 atom stereocenters. The van der Waals surface area contributed by atoms with Crippen molar-refractivity contribution < 1.29 is 36.6 Å². The van der Waals surface area contributed by atoms with Crippen molar-refractivity contribution in [3.05, 3.63) is 70.9 Å². The van der Waals surface area contributed by atoms with Gasteiger partial charge in [-0.1, -0.05) is 6.07 Å². The molecule has 2 aromatic heterocycles. The van der Waals surface area contributed by atoms with E-state index in [0.717, 1.165) is 23.4 Å². The quantitative estimate of drug-likeness (QED) is 0.423. The lowest BCUT2D eigenvalue weighted by atomic mass is 9.87. The zero-order valence-corrected chi connectivity index (χ0v) is 21.0. The first kappa shape index (κ1) is 26.5. The lowest BCUT2D eigenvalue weighted by molar-refractivity contribution is -0.143. The highest BCUT2D eigenvalue weighted by molar-refractivity contribution is 6.04. The summed E-state index contributed by atoms with van der Waals surface area (Å²) >= 11 is 0. The number of fused-ring (bicyclic) bond motifs is 3. The van der Waals surface area contributed by atoms with Gasteiger partial charge in [0, 0.05) is 48.3 Å². The number of rotatable bonds is 4. The number of nitrogens with zero attached hydrogens (tertiary/aromatic N) is 3. The molecule has 12 heteroatoms. The molecule has 2 unspecified atom stereocenters. The van der Waals surface area contributed by atoms with Crippen molar-refractivity contribution in [1.82, 2.24) is 9.97 Å². The molecule has 5 rings (SSSR count). The fourth-order valence-electron chi connectivity index (χ4n) is 4.89. The Labute approximate surface area is 221 Å². The van der Waals surface area contributed by atoms with E-state index in [4.69, 9.17) is 9.47 Å². The average molecular weight is 545 g/mol. The fourth-order valence-corrected chi connectivity index (χ4v) is 4.89. The number of carbonyl (C=O) groups is 2. The van der Waals surface area contributed by atoms with Crippen molar-refractivity contribution >= 4 is 23.5 Å². The van der Waals surface area contributed by atoms with Gasteiger partial charge in [-0.3, -0.25) is 9.69 Å². The van der Waals surface area contributed by atoms with E-state index >= 15 is 0 Å². The second kappa shape index (κ2) is 10.3. The van der Waals surface area contributed by atoms with Gasteiger partial charge in [0.15, 0.2) is 11.5 Å². The van der Waals surface area contributed by atoms with Gasteiger partial charge in [-0.2, -0.15) is 13.2 Å². The molecule has 39 heavy (non-hydrogen) atoms. The van der Waals surface area contributed by atoms with Crippen LogP contribution in [0.3, 0.4) is 0 Å². The van der Waals surface area contributed by atoms with Crippen LogP contribution >= 0.6 is 0 Å². The number of carbonyl (C=O) groups excluding carboxylic acids is 2. The zero-order chi connectivity index (χ0) is 27.9. The lowest BCUT2D eigenvalue weighted by Gasteiger charge is -2.29. The van der Waals surface area contributed by atoms with Crippen LogP contribution in [-0.2, 0) is 15.7 Å². The van der Waals surface area contributed by atoms with Gasteiger partial charge in [0.2, 0.25) is 0 Å². The van der Waals surface area contributed by atoms with Crippen molar-refractivity contribution in [2.45, 2.75) is 38.5 Å². The van der Waals surface area contributed by atoms with Gasteiger partial charge in [0.1, 0.15) is 11.9 Å². The van der Waals surface area contributed by atoms with Crippen LogP contribution in [0.25, 0.3) is 11.1 Å². The molecule has 204 valence electrons. The number of hydrogen-bond acceptors (Lipinski definition) is 6. The Morgan fingerprint density at radius 1 is 1.21 bits per heavy atom. The lowest BCUT2D eigenvalue weighted by Crippen LogP contribution is -2.36. The predicted molar refractivity (Wildman–Crippen MR) is 133 cm³/mol. The summed E-state index contributed by atoms with van der Waals surface area (Å²) in [6.45, 7) is 4.83. The predicted octanol–water partition coefficient (Wildman–Crippen LogP) is 5.71. The minimum absolute atomic E-state index is 0.123. The normalized spacial score (nSPS) is 19.0. The number of hydrogen-bond donors (Lipinski definition) is 1. The highest BCUT2D eigenvalue weighted by Gasteiger charge is 2.39. The number of aryl methyl sites for hydroxylation is 1. The van der Waals surface area contributed by atoms with E-state index < -0.39 is 41.4 Å². The third-order valence-corrected chi connectivity index (χ3v) is 6.85. The summed E-state index contributed by atoms with van der Waals surface area (Å²) in [6, 6.07) is 7.75. The van der Waals surface area contributed by atoms with E-state index in [-0.39, 0.29) is 18.2 Å². The highest BCUT2D eigenvalue weighted by atomic mass is 19.4. The summed E-state index contributed by atoms with van der Waals surface area (Å²) in [5.74, 6) is -2.40. The van der Waals surface area contributed by atoms with E-state index in [9.17, 15) is 27.2 Å². The molecule has 2 aliphatic heterocycles. The third kappa shape index (κ3) is 5.03. The average Bonchev–Trinajstić information content (AvgIpc) is 3.02. The molecule has 0 aliphatic carbocycles. The minimum Gasteiger partial charge on any atom is -0.443 e. The zero-order valence-electron chi connectivity index (χ0n) is 21.0. The van der Waals surface area contributed by atoms with E-state index in [1.54, 1.807) is 24.4 Å². The smallest absolute Gasteiger partial charge is 0.436 e. The Bertz CT molecular complexity index is 1450. The minimum atomic E-state index is -5.04. The van der Waals surface area contributed by atoms with E-state index in [1.165, 1.54) is 4.90 Å². The van der Waals surface area contributed by atoms with Crippen molar-refractivity contribution in [2.24, 2.45) is 0 Å². The number of amides is 2. The number of aromatic nitrogens is 2. The maximum absolute atomic E-state index is 14.4. The van der Waals surface area contributed by atoms with Crippen LogP contribution in [0.5, 0.6) is 0 Å². The topological polar surface area (TPSA) is 93.7 Å². The van der Waals surface area contributed by atoms with Gasteiger partial charge < -0.3 is 14.8 Å². The van der Waals surface area contributed by atoms with Gasteiger partial charge in [0.25, 0.3) is 5.91 Å². The molecular weight excluding hydrogens is 520 g/mol. The summed E-state index contributed by atoms with van der Waals surface area (Å²) < 4.78 is 64.8. The van der Waals surface area contributed by atoms with E-state index in [1.807, 2.05) is 19.9 Å². The van der Waals surface area contributed by atoms with Crippen molar-refractivity contribution in [3.8, 4) is 11.1 Å². The Kier molecular flexibility index (Phi) is 6.98. The maximum atomic E-state index is 14.4. The summed E-state index contributed by atoms with van der Waals surface area (Å²) in [5.41, 5.74) is 0.775. The second-order valence-corrected chi connectivity index (χ2v) is 9.28. The standard InChI is InChI=1S/C27H24F4N4O4/c1-3-35-24-20(17-7-9-38-13-21(17)39-26(35)37)10-15(12-33-24)19-11-16(5-4-14(19)2)34-25(36)18-6-8-32-23(22(18)28)27(29,30)31/h4-6,8,10-12,17,21H,3,7,9,13H2,1-2H3,(H,34,36). The summed E-state index contributed by atoms with van der Waals surface area (Å²) in [5, 5.41) is 2.47. The van der Waals surface area contributed by atoms with Gasteiger partial charge in [0.05, 0.1) is 12.2 Å². The SMILES string of the molecule is CCN1C(=O)OC2COCCC2c2cc(-c3cc(NC(=O)c4ccnc(C(F)(F)F)c4F)ccc3C)cnc21. The first-order chi connectivity index (χ1) is 18.6. The Hall–Kier alpha value is -4.06. The number of anilines is 2. The molecule has 8 nitrogen and oxygen atoms in total. The first-order valence-corrected chi connectivity index (χ1v) is 12.3. The first-order valence-electron chi connectivity index (χ1n) is 12.3. The van der Waals surface area contributed by atoms with Crippen LogP contribution in [0.15, 0.2) is 42.7 Å². The molecule has 1 saturated heterocycles. The molecule has 2 amide bonds. The largest absolute Gasteiger partial charge is 0.443 e. The molecule has 0 spiro atoms. The monoisotopic (exact) mass is 544 g/mol. The molecule has 0 radical (unpaired) electrons. The fraction of sp³-hybridized carbons (Fsp3) is 0.333. The van der Waals surface area contributed by atoms with Crippen LogP contribution in [0.2, 0.25) is 0 Å². The number of pyridine rings is 2. The molecule has 1 fully saturated rings. The van der Waals surface area contributed by atoms with E-state index in [0.29, 0.717) is 36.5 Å². The maximum Gasteiger partial charge on any atom is 0.436 e. The molecule has 1 aromatic carbocycles. The Balaban J connectivity index is 1.50. The molecular formula is C27H24F4N4O4. The van der Waals surface area contributed by atoms with Crippen LogP contribution in [0, 0.1) is 12.7 Å². The highest BCUT2D eigenvalue weighted by Crippen LogP contribution is 2.40. The summed E-state index contributed by atoms with van der Waals surface area (Å²) in [7, 11) is 0. The Morgan fingerprint density at radius 3 is 2.74 bits per heavy atom. The molecule has 4 heterocycles. The summed E-state index contributed by atoms with van der Waals surface area (Å²) in [6.07, 6.45) is -3.00. The van der Waals surface area contributed by atoms with Gasteiger partial charge in [-0.25, -0.2) is 19.2 Å². The number of nitrogens with one attached hydrogen (secondary N) is 1. The number of halogens is 4. The number of benzene rings is 1. The van der Waals surface area contributed by atoms with Gasteiger partial charge in [-0.15, -0.1) is 0 Å². The van der Waals surface area contributed by atoms with Crippen molar-refractivity contribution in [2.75, 3.05) is 30.0 Å². The molecule has 3 aromatic rings. The number of ether oxygens (including phenoxy) is 2. The molecule has 2 aliphatic rings. The second-order valence-electron chi connectivity index (χ2n) is 9.28. The number of alkyl halides is 3. The van der Waals surface area contributed by atoms with Crippen molar-refractivity contribution in [3.63, 3.8) is 0 Å². The molecule has 0 bridgehead atoms. The van der Waals surface area contributed by atoms with Gasteiger partial charge in [-0.05, 0) is 55.7 Å². The van der Waals surface area contributed by atoms with E-state index in [2.05, 4.69) is 15.3 Å². The van der Waals surface area contributed by atoms with Gasteiger partial charge >= 0.3 is 12.3 Å². The molecule has 0 saturated carbocycles. The third-order valence-electron chi connectivity index (χ3n) is 6.85.